The van der Waals surface area contributed by atoms with E-state index in [0.717, 1.165) is 0 Å². The van der Waals surface area contributed by atoms with E-state index in [4.69, 9.17) is 4.74 Å². The zero-order valence-electron chi connectivity index (χ0n) is 14.9. The summed E-state index contributed by atoms with van der Waals surface area (Å²) >= 11 is 0. The van der Waals surface area contributed by atoms with Crippen molar-refractivity contribution >= 4 is 23.3 Å². The van der Waals surface area contributed by atoms with Crippen LogP contribution >= 0.6 is 0 Å². The molecule has 1 aromatic carbocycles. The second-order valence-electron chi connectivity index (χ2n) is 5.93. The molecule has 138 valence electrons. The van der Waals surface area contributed by atoms with E-state index in [1.807, 2.05) is 0 Å². The Kier molecular flexibility index (Phi) is 5.61. The maximum absolute atomic E-state index is 12.4. The molecule has 0 aliphatic carbocycles. The minimum absolute atomic E-state index is 0.145. The van der Waals surface area contributed by atoms with Crippen LogP contribution in [-0.2, 0) is 4.74 Å². The fourth-order valence-corrected chi connectivity index (χ4v) is 2.48. The third-order valence-electron chi connectivity index (χ3n) is 3.62. The van der Waals surface area contributed by atoms with Gasteiger partial charge in [-0.15, -0.1) is 0 Å². The van der Waals surface area contributed by atoms with E-state index in [1.165, 1.54) is 18.2 Å². The number of amides is 1. The maximum Gasteiger partial charge on any atom is 0.340 e. The average molecular weight is 360 g/mol. The number of anilines is 1. The first-order valence-corrected chi connectivity index (χ1v) is 7.92. The van der Waals surface area contributed by atoms with E-state index in [1.54, 1.807) is 33.8 Å². The molecule has 3 N–H and O–H groups in total. The number of carbonyl (C=O) groups is 2. The highest BCUT2D eigenvalue weighted by atomic mass is 16.6. The lowest BCUT2D eigenvalue weighted by molar-refractivity contribution is -0.384. The Balaban J connectivity index is 2.19. The standard InChI is InChI=1S/C17H20N4O5/c1-9(2)26-17(23)14-10(3)15(18-11(14)4)16(22)20-19-12-7-5-6-8-13(12)21(24)25/h5-9,18-19H,1-4H3,(H,20,22). The van der Waals surface area contributed by atoms with E-state index >= 15 is 0 Å². The van der Waals surface area contributed by atoms with Crippen LogP contribution in [0.1, 0.15) is 46.0 Å². The van der Waals surface area contributed by atoms with Gasteiger partial charge in [-0.05, 0) is 39.3 Å². The number of ether oxygens (including phenoxy) is 1. The van der Waals surface area contributed by atoms with Crippen LogP contribution in [0.3, 0.4) is 0 Å². The molecule has 0 saturated carbocycles. The number of hydrogen-bond donors (Lipinski definition) is 3. The summed E-state index contributed by atoms with van der Waals surface area (Å²) < 4.78 is 5.18. The fourth-order valence-electron chi connectivity index (χ4n) is 2.48. The van der Waals surface area contributed by atoms with Crippen LogP contribution in [-0.4, -0.2) is 27.9 Å². The van der Waals surface area contributed by atoms with Gasteiger partial charge >= 0.3 is 5.97 Å². The van der Waals surface area contributed by atoms with Crippen molar-refractivity contribution < 1.29 is 19.2 Å². The molecule has 0 spiro atoms. The minimum Gasteiger partial charge on any atom is -0.459 e. The number of nitro benzene ring substituents is 1. The molecule has 1 heterocycles. The molecule has 2 rings (SSSR count). The van der Waals surface area contributed by atoms with E-state index in [-0.39, 0.29) is 23.2 Å². The van der Waals surface area contributed by atoms with Gasteiger partial charge in [-0.2, -0.15) is 0 Å². The second-order valence-corrected chi connectivity index (χ2v) is 5.93. The molecular weight excluding hydrogens is 340 g/mol. The number of benzene rings is 1. The molecule has 0 saturated heterocycles. The van der Waals surface area contributed by atoms with Crippen molar-refractivity contribution in [3.05, 3.63) is 56.9 Å². The number of para-hydroxylation sites is 2. The van der Waals surface area contributed by atoms with Crippen molar-refractivity contribution in [1.29, 1.82) is 0 Å². The van der Waals surface area contributed by atoms with Crippen LogP contribution in [0.2, 0.25) is 0 Å². The molecule has 1 amide bonds. The second kappa shape index (κ2) is 7.68. The highest BCUT2D eigenvalue weighted by Gasteiger charge is 2.24. The van der Waals surface area contributed by atoms with Gasteiger partial charge in [-0.3, -0.25) is 25.8 Å². The Morgan fingerprint density at radius 1 is 1.23 bits per heavy atom. The summed E-state index contributed by atoms with van der Waals surface area (Å²) in [6, 6.07) is 5.91. The van der Waals surface area contributed by atoms with Crippen LogP contribution < -0.4 is 10.9 Å². The van der Waals surface area contributed by atoms with E-state index < -0.39 is 16.8 Å². The highest BCUT2D eigenvalue weighted by molar-refractivity contribution is 6.01. The summed E-state index contributed by atoms with van der Waals surface area (Å²) in [5, 5.41) is 11.0. The van der Waals surface area contributed by atoms with Gasteiger partial charge in [0.2, 0.25) is 0 Å². The molecule has 9 heteroatoms. The SMILES string of the molecule is Cc1[nH]c(C(=O)NNc2ccccc2[N+](=O)[O-])c(C)c1C(=O)OC(C)C. The number of esters is 1. The number of aryl methyl sites for hydroxylation is 1. The van der Waals surface area contributed by atoms with E-state index in [2.05, 4.69) is 15.8 Å². The molecule has 2 aromatic rings. The molecule has 26 heavy (non-hydrogen) atoms. The maximum atomic E-state index is 12.4. The molecule has 0 aliphatic rings. The smallest absolute Gasteiger partial charge is 0.340 e. The molecule has 0 unspecified atom stereocenters. The summed E-state index contributed by atoms with van der Waals surface area (Å²) in [6.45, 7) is 6.76. The number of carbonyl (C=O) groups excluding carboxylic acids is 2. The zero-order chi connectivity index (χ0) is 19.4. The molecular formula is C17H20N4O5. The largest absolute Gasteiger partial charge is 0.459 e. The average Bonchev–Trinajstić information content (AvgIpc) is 2.86. The topological polar surface area (TPSA) is 126 Å². The molecule has 0 bridgehead atoms. The van der Waals surface area contributed by atoms with Crippen molar-refractivity contribution in [2.75, 3.05) is 5.43 Å². The van der Waals surface area contributed by atoms with Crippen LogP contribution in [0.5, 0.6) is 0 Å². The summed E-state index contributed by atoms with van der Waals surface area (Å²) in [5.41, 5.74) is 6.31. The number of hydrogen-bond acceptors (Lipinski definition) is 6. The zero-order valence-corrected chi connectivity index (χ0v) is 14.9. The normalized spacial score (nSPS) is 10.5. The van der Waals surface area contributed by atoms with E-state index in [0.29, 0.717) is 16.8 Å². The van der Waals surface area contributed by atoms with Gasteiger partial charge in [0.25, 0.3) is 11.6 Å². The monoisotopic (exact) mass is 360 g/mol. The first kappa shape index (κ1) is 19.0. The Hall–Kier alpha value is -3.36. The first-order valence-electron chi connectivity index (χ1n) is 7.92. The van der Waals surface area contributed by atoms with Gasteiger partial charge < -0.3 is 9.72 Å². The Morgan fingerprint density at radius 2 is 1.88 bits per heavy atom. The summed E-state index contributed by atoms with van der Waals surface area (Å²) in [7, 11) is 0. The number of nitrogens with zero attached hydrogens (tertiary/aromatic N) is 1. The number of H-pyrrole nitrogens is 1. The lowest BCUT2D eigenvalue weighted by atomic mass is 10.1. The van der Waals surface area contributed by atoms with Crippen molar-refractivity contribution in [3.63, 3.8) is 0 Å². The number of nitrogens with one attached hydrogen (secondary N) is 3. The summed E-state index contributed by atoms with van der Waals surface area (Å²) in [6.07, 6.45) is -0.284. The van der Waals surface area contributed by atoms with Crippen LogP contribution in [0, 0.1) is 24.0 Å². The Bertz CT molecular complexity index is 857. The third kappa shape index (κ3) is 4.00. The fraction of sp³-hybridized carbons (Fsp3) is 0.294. The van der Waals surface area contributed by atoms with Crippen LogP contribution in [0.25, 0.3) is 0 Å². The minimum atomic E-state index is -0.563. The molecule has 0 atom stereocenters. The van der Waals surface area contributed by atoms with Gasteiger partial charge in [-0.1, -0.05) is 12.1 Å². The van der Waals surface area contributed by atoms with Crippen molar-refractivity contribution in [2.24, 2.45) is 0 Å². The lowest BCUT2D eigenvalue weighted by Crippen LogP contribution is -2.30. The predicted octanol–water partition coefficient (Wildman–Crippen LogP) is 2.86. The van der Waals surface area contributed by atoms with E-state index in [9.17, 15) is 19.7 Å². The van der Waals surface area contributed by atoms with Gasteiger partial charge in [-0.25, -0.2) is 4.79 Å². The highest BCUT2D eigenvalue weighted by Crippen LogP contribution is 2.23. The number of aromatic amines is 1. The molecule has 9 nitrogen and oxygen atoms in total. The Morgan fingerprint density at radius 3 is 2.50 bits per heavy atom. The molecule has 0 fully saturated rings. The van der Waals surface area contributed by atoms with Gasteiger partial charge in [0.05, 0.1) is 16.6 Å². The Labute approximate surface area is 149 Å². The quantitative estimate of drug-likeness (QED) is 0.413. The number of rotatable bonds is 6. The molecule has 1 aromatic heterocycles. The number of nitro groups is 1. The number of aromatic nitrogens is 1. The van der Waals surface area contributed by atoms with Gasteiger partial charge in [0, 0.05) is 11.8 Å². The number of hydrazine groups is 1. The van der Waals surface area contributed by atoms with Crippen molar-refractivity contribution in [3.8, 4) is 0 Å². The molecule has 0 aliphatic heterocycles. The predicted molar refractivity (Wildman–Crippen MR) is 95.0 cm³/mol. The summed E-state index contributed by atoms with van der Waals surface area (Å²) in [5.74, 6) is -1.08. The van der Waals surface area contributed by atoms with Gasteiger partial charge in [0.1, 0.15) is 11.4 Å². The van der Waals surface area contributed by atoms with Gasteiger partial charge in [0.15, 0.2) is 0 Å². The van der Waals surface area contributed by atoms with Crippen molar-refractivity contribution in [1.82, 2.24) is 10.4 Å². The lowest BCUT2D eigenvalue weighted by Gasteiger charge is -2.09. The van der Waals surface area contributed by atoms with Crippen molar-refractivity contribution in [2.45, 2.75) is 33.8 Å². The first-order chi connectivity index (χ1) is 12.2. The van der Waals surface area contributed by atoms with Crippen LogP contribution in [0.4, 0.5) is 11.4 Å². The van der Waals surface area contributed by atoms with Crippen LogP contribution in [0.15, 0.2) is 24.3 Å². The molecule has 0 radical (unpaired) electrons. The summed E-state index contributed by atoms with van der Waals surface area (Å²) in [4.78, 5) is 37.9. The third-order valence-corrected chi connectivity index (χ3v) is 3.62.